The summed E-state index contributed by atoms with van der Waals surface area (Å²) < 4.78 is 39.2. The molecule has 0 saturated heterocycles. The van der Waals surface area contributed by atoms with E-state index in [0.717, 1.165) is 16.8 Å². The molecule has 5 nitrogen and oxygen atoms in total. The first kappa shape index (κ1) is 12.8. The zero-order valence-corrected chi connectivity index (χ0v) is 9.57. The summed E-state index contributed by atoms with van der Waals surface area (Å²) in [7, 11) is 0. The summed E-state index contributed by atoms with van der Waals surface area (Å²) in [6.45, 7) is 0.0109. The minimum Gasteiger partial charge on any atom is -0.324 e. The van der Waals surface area contributed by atoms with Crippen LogP contribution in [0, 0.1) is 0 Å². The lowest BCUT2D eigenvalue weighted by Gasteiger charge is -2.11. The van der Waals surface area contributed by atoms with E-state index in [0.29, 0.717) is 0 Å². The second kappa shape index (κ2) is 4.54. The second-order valence-corrected chi connectivity index (χ2v) is 3.78. The highest BCUT2D eigenvalue weighted by Gasteiger charge is 2.33. The number of halogens is 4. The van der Waals surface area contributed by atoms with Crippen LogP contribution in [0.3, 0.4) is 0 Å². The Labute approximate surface area is 104 Å². The molecule has 2 aromatic rings. The van der Waals surface area contributed by atoms with Gasteiger partial charge in [-0.3, -0.25) is 0 Å². The predicted octanol–water partition coefficient (Wildman–Crippen LogP) is 1.79. The Kier molecular flexibility index (Phi) is 3.22. The van der Waals surface area contributed by atoms with E-state index < -0.39 is 11.7 Å². The Morgan fingerprint density at radius 3 is 2.67 bits per heavy atom. The van der Waals surface area contributed by atoms with Gasteiger partial charge in [-0.25, -0.2) is 0 Å². The fraction of sp³-hybridized carbons (Fsp3) is 0.222. The number of benzene rings is 1. The van der Waals surface area contributed by atoms with E-state index in [9.17, 15) is 13.2 Å². The lowest BCUT2D eigenvalue weighted by Crippen LogP contribution is -2.11. The maximum absolute atomic E-state index is 12.7. The molecule has 2 rings (SSSR count). The van der Waals surface area contributed by atoms with Crippen molar-refractivity contribution >= 4 is 11.6 Å². The first-order valence-corrected chi connectivity index (χ1v) is 5.15. The molecular formula is C9H7ClF3N5. The number of nitrogens with two attached hydrogens (primary N) is 1. The molecule has 0 amide bonds. The van der Waals surface area contributed by atoms with Crippen LogP contribution in [0.4, 0.5) is 13.2 Å². The summed E-state index contributed by atoms with van der Waals surface area (Å²) in [5, 5.41) is 10.1. The molecule has 0 atom stereocenters. The van der Waals surface area contributed by atoms with E-state index in [1.165, 1.54) is 6.07 Å². The molecule has 1 aromatic carbocycles. The number of rotatable bonds is 2. The molecule has 96 valence electrons. The van der Waals surface area contributed by atoms with Crippen molar-refractivity contribution in [1.29, 1.82) is 0 Å². The van der Waals surface area contributed by atoms with Crippen molar-refractivity contribution in [1.82, 2.24) is 20.2 Å². The van der Waals surface area contributed by atoms with E-state index in [1.807, 2.05) is 0 Å². The summed E-state index contributed by atoms with van der Waals surface area (Å²) in [6.07, 6.45) is -4.54. The quantitative estimate of drug-likeness (QED) is 0.909. The van der Waals surface area contributed by atoms with Crippen molar-refractivity contribution in [3.63, 3.8) is 0 Å². The van der Waals surface area contributed by atoms with Crippen LogP contribution in [0.2, 0.25) is 5.02 Å². The van der Waals surface area contributed by atoms with Crippen LogP contribution in [-0.2, 0) is 12.7 Å². The topological polar surface area (TPSA) is 69.6 Å². The SMILES string of the molecule is NCc1nnnn1-c1ccc(Cl)c(C(F)(F)F)c1. The molecule has 0 fully saturated rings. The maximum atomic E-state index is 12.7. The number of nitrogens with zero attached hydrogens (tertiary/aromatic N) is 4. The summed E-state index contributed by atoms with van der Waals surface area (Å²) >= 11 is 5.51. The van der Waals surface area contributed by atoms with Gasteiger partial charge in [0.1, 0.15) is 0 Å². The molecule has 1 aromatic heterocycles. The number of aromatic nitrogens is 4. The molecule has 0 aliphatic rings. The Hall–Kier alpha value is -1.67. The largest absolute Gasteiger partial charge is 0.417 e. The van der Waals surface area contributed by atoms with Crippen molar-refractivity contribution in [3.05, 3.63) is 34.6 Å². The minimum atomic E-state index is -4.54. The predicted molar refractivity (Wildman–Crippen MR) is 57.1 cm³/mol. The van der Waals surface area contributed by atoms with Gasteiger partial charge in [0, 0.05) is 0 Å². The van der Waals surface area contributed by atoms with E-state index in [1.54, 1.807) is 0 Å². The fourth-order valence-corrected chi connectivity index (χ4v) is 1.62. The molecule has 2 N–H and O–H groups in total. The smallest absolute Gasteiger partial charge is 0.324 e. The van der Waals surface area contributed by atoms with Gasteiger partial charge in [0.05, 0.1) is 22.8 Å². The standard InChI is InChI=1S/C9H7ClF3N5/c10-7-2-1-5(3-6(7)9(11,12)13)18-8(4-14)15-16-17-18/h1-3H,4,14H2. The molecule has 0 spiro atoms. The average Bonchev–Trinajstić information content (AvgIpc) is 2.76. The van der Waals surface area contributed by atoms with Crippen LogP contribution in [0.1, 0.15) is 11.4 Å². The van der Waals surface area contributed by atoms with E-state index >= 15 is 0 Å². The van der Waals surface area contributed by atoms with Crippen molar-refractivity contribution in [2.75, 3.05) is 0 Å². The third kappa shape index (κ3) is 2.29. The average molecular weight is 278 g/mol. The fourth-order valence-electron chi connectivity index (χ4n) is 1.40. The highest BCUT2D eigenvalue weighted by atomic mass is 35.5. The summed E-state index contributed by atoms with van der Waals surface area (Å²) in [6, 6.07) is 3.40. The van der Waals surface area contributed by atoms with Crippen LogP contribution < -0.4 is 5.73 Å². The zero-order chi connectivity index (χ0) is 13.3. The third-order valence-electron chi connectivity index (χ3n) is 2.22. The van der Waals surface area contributed by atoms with Crippen LogP contribution in [0.15, 0.2) is 18.2 Å². The van der Waals surface area contributed by atoms with Crippen LogP contribution in [-0.4, -0.2) is 20.2 Å². The Morgan fingerprint density at radius 1 is 1.33 bits per heavy atom. The summed E-state index contributed by atoms with van der Waals surface area (Å²) in [5.74, 6) is 0.255. The molecule has 0 unspecified atom stereocenters. The number of hydrogen-bond acceptors (Lipinski definition) is 4. The van der Waals surface area contributed by atoms with Crippen molar-refractivity contribution < 1.29 is 13.2 Å². The van der Waals surface area contributed by atoms with Crippen LogP contribution in [0.25, 0.3) is 5.69 Å². The first-order valence-electron chi connectivity index (χ1n) is 4.78. The lowest BCUT2D eigenvalue weighted by molar-refractivity contribution is -0.137. The molecular weight excluding hydrogens is 271 g/mol. The summed E-state index contributed by atoms with van der Waals surface area (Å²) in [5.41, 5.74) is 4.58. The second-order valence-electron chi connectivity index (χ2n) is 3.37. The minimum absolute atomic E-state index is 0.0109. The van der Waals surface area contributed by atoms with Gasteiger partial charge in [0.25, 0.3) is 0 Å². The molecule has 0 aliphatic heterocycles. The van der Waals surface area contributed by atoms with Gasteiger partial charge >= 0.3 is 6.18 Å². The van der Waals surface area contributed by atoms with Crippen molar-refractivity contribution in [2.45, 2.75) is 12.7 Å². The number of tetrazole rings is 1. The Balaban J connectivity index is 2.54. The van der Waals surface area contributed by atoms with Crippen molar-refractivity contribution in [3.8, 4) is 5.69 Å². The van der Waals surface area contributed by atoms with Crippen molar-refractivity contribution in [2.24, 2.45) is 5.73 Å². The Bertz CT molecular complexity index is 566. The first-order chi connectivity index (χ1) is 8.43. The van der Waals surface area contributed by atoms with Gasteiger partial charge in [-0.2, -0.15) is 17.9 Å². The van der Waals surface area contributed by atoms with Gasteiger partial charge in [0.15, 0.2) is 5.82 Å². The Morgan fingerprint density at radius 2 is 2.06 bits per heavy atom. The molecule has 0 bridgehead atoms. The third-order valence-corrected chi connectivity index (χ3v) is 2.55. The lowest BCUT2D eigenvalue weighted by atomic mass is 10.2. The molecule has 0 aliphatic carbocycles. The van der Waals surface area contributed by atoms with E-state index in [2.05, 4.69) is 15.5 Å². The van der Waals surface area contributed by atoms with Gasteiger partial charge in [-0.05, 0) is 28.6 Å². The normalized spacial score (nSPS) is 11.8. The van der Waals surface area contributed by atoms with Gasteiger partial charge in [-0.1, -0.05) is 11.6 Å². The molecule has 0 saturated carbocycles. The molecule has 1 heterocycles. The van der Waals surface area contributed by atoms with E-state index in [-0.39, 0.29) is 23.1 Å². The highest BCUT2D eigenvalue weighted by Crippen LogP contribution is 2.35. The number of hydrogen-bond donors (Lipinski definition) is 1. The molecule has 18 heavy (non-hydrogen) atoms. The van der Waals surface area contributed by atoms with Crippen LogP contribution in [0.5, 0.6) is 0 Å². The zero-order valence-electron chi connectivity index (χ0n) is 8.82. The van der Waals surface area contributed by atoms with Gasteiger partial charge in [0.2, 0.25) is 0 Å². The van der Waals surface area contributed by atoms with Crippen LogP contribution >= 0.6 is 11.6 Å². The summed E-state index contributed by atoms with van der Waals surface area (Å²) in [4.78, 5) is 0. The van der Waals surface area contributed by atoms with Gasteiger partial charge < -0.3 is 5.73 Å². The highest BCUT2D eigenvalue weighted by molar-refractivity contribution is 6.31. The van der Waals surface area contributed by atoms with E-state index in [4.69, 9.17) is 17.3 Å². The monoisotopic (exact) mass is 277 g/mol. The number of alkyl halides is 3. The molecule has 9 heteroatoms. The maximum Gasteiger partial charge on any atom is 0.417 e. The molecule has 0 radical (unpaired) electrons. The van der Waals surface area contributed by atoms with Gasteiger partial charge in [-0.15, -0.1) is 5.10 Å².